The fourth-order valence-electron chi connectivity index (χ4n) is 9.26. The number of hydrogen-bond donors (Lipinski definition) is 2. The topological polar surface area (TPSA) is 52.3 Å². The Morgan fingerprint density at radius 1 is 1.09 bits per heavy atom. The van der Waals surface area contributed by atoms with Crippen molar-refractivity contribution in [3.05, 3.63) is 11.6 Å². The number of esters is 1. The molecule has 3 fully saturated rings. The summed E-state index contributed by atoms with van der Waals surface area (Å²) in [5.74, 6) is 5.53. The summed E-state index contributed by atoms with van der Waals surface area (Å²) in [5, 5.41) is 0. The Kier molecular flexibility index (Phi) is 8.74. The van der Waals surface area contributed by atoms with Crippen molar-refractivity contribution in [1.29, 1.82) is 0 Å². The van der Waals surface area contributed by atoms with E-state index in [1.54, 1.807) is 5.57 Å². The zero-order chi connectivity index (χ0) is 25.4. The summed E-state index contributed by atoms with van der Waals surface area (Å²) in [5.41, 5.74) is 8.39. The predicted molar refractivity (Wildman–Crippen MR) is 149 cm³/mol. The van der Waals surface area contributed by atoms with Crippen LogP contribution in [0.1, 0.15) is 112 Å². The lowest BCUT2D eigenvalue weighted by Gasteiger charge is -2.58. The SMILES string of the molecule is CC(C)CCC[C@@H](C)[C@H]1CC[C@H]2[C@@H]3CC=C4C[C@@H](OC(=O)[C@H](N)CCS)CC[C@]4(C)[C@H]3CC[C@]12C. The van der Waals surface area contributed by atoms with Crippen LogP contribution in [0.2, 0.25) is 0 Å². The third-order valence-electron chi connectivity index (χ3n) is 11.3. The Labute approximate surface area is 221 Å². The molecule has 0 radical (unpaired) electrons. The number of fused-ring (bicyclic) bond motifs is 5. The molecular formula is C31H53NO2S. The highest BCUT2D eigenvalue weighted by Gasteiger charge is 2.59. The Morgan fingerprint density at radius 2 is 1.86 bits per heavy atom. The highest BCUT2D eigenvalue weighted by Crippen LogP contribution is 2.67. The largest absolute Gasteiger partial charge is 0.461 e. The van der Waals surface area contributed by atoms with Gasteiger partial charge in [-0.3, -0.25) is 4.79 Å². The van der Waals surface area contributed by atoms with Crippen LogP contribution in [0.4, 0.5) is 0 Å². The molecule has 3 nitrogen and oxygen atoms in total. The van der Waals surface area contributed by atoms with Crippen LogP contribution in [0.15, 0.2) is 11.6 Å². The Balaban J connectivity index is 1.42. The van der Waals surface area contributed by atoms with E-state index in [1.165, 1.54) is 51.4 Å². The van der Waals surface area contributed by atoms with E-state index >= 15 is 0 Å². The minimum absolute atomic E-state index is 0.000693. The molecule has 0 saturated heterocycles. The van der Waals surface area contributed by atoms with Crippen molar-refractivity contribution >= 4 is 18.6 Å². The average Bonchev–Trinajstić information content (AvgIpc) is 3.16. The standard InChI is InChI=1S/C31H53NO2S/c1-20(2)7-6-8-21(3)25-11-12-26-24-10-9-22-19-23(34-29(33)28(32)15-18-35)13-16-30(22,4)27(24)14-17-31(25,26)5/h9,20-21,23-28,35H,6-8,10-19,32H2,1-5H3/t21-,23+,24+,25-,26+,27+,28-,30+,31-/m1/s1. The van der Waals surface area contributed by atoms with Gasteiger partial charge < -0.3 is 10.5 Å². The molecule has 0 unspecified atom stereocenters. The maximum atomic E-state index is 12.4. The highest BCUT2D eigenvalue weighted by molar-refractivity contribution is 7.80. The van der Waals surface area contributed by atoms with Crippen LogP contribution in [0.3, 0.4) is 0 Å². The van der Waals surface area contributed by atoms with Gasteiger partial charge in [-0.15, -0.1) is 0 Å². The number of allylic oxidation sites excluding steroid dienone is 1. The molecule has 35 heavy (non-hydrogen) atoms. The summed E-state index contributed by atoms with van der Waals surface area (Å²) in [6.07, 6.45) is 17.3. The first kappa shape index (κ1) is 27.6. The minimum Gasteiger partial charge on any atom is -0.461 e. The summed E-state index contributed by atoms with van der Waals surface area (Å²) in [6, 6.07) is -0.537. The fourth-order valence-corrected chi connectivity index (χ4v) is 9.54. The smallest absolute Gasteiger partial charge is 0.323 e. The van der Waals surface area contributed by atoms with Crippen molar-refractivity contribution in [3.63, 3.8) is 0 Å². The first-order valence-electron chi connectivity index (χ1n) is 14.9. The van der Waals surface area contributed by atoms with E-state index in [4.69, 9.17) is 10.5 Å². The van der Waals surface area contributed by atoms with Gasteiger partial charge in [0.15, 0.2) is 0 Å². The van der Waals surface area contributed by atoms with Gasteiger partial charge in [0.2, 0.25) is 0 Å². The van der Waals surface area contributed by atoms with E-state index in [0.717, 1.165) is 54.8 Å². The quantitative estimate of drug-likeness (QED) is 0.194. The van der Waals surface area contributed by atoms with Crippen molar-refractivity contribution in [2.24, 2.45) is 52.1 Å². The van der Waals surface area contributed by atoms with Crippen molar-refractivity contribution in [3.8, 4) is 0 Å². The van der Waals surface area contributed by atoms with E-state index in [1.807, 2.05) is 0 Å². The number of hydrogen-bond acceptors (Lipinski definition) is 4. The van der Waals surface area contributed by atoms with Crippen LogP contribution >= 0.6 is 12.6 Å². The van der Waals surface area contributed by atoms with Gasteiger partial charge in [0.05, 0.1) is 0 Å². The number of carbonyl (C=O) groups excluding carboxylic acids is 1. The first-order chi connectivity index (χ1) is 16.6. The second-order valence-corrected chi connectivity index (χ2v) is 14.2. The van der Waals surface area contributed by atoms with Crippen LogP contribution in [-0.4, -0.2) is 23.9 Å². The van der Waals surface area contributed by atoms with Gasteiger partial charge in [-0.05, 0) is 103 Å². The Bertz CT molecular complexity index is 780. The Hall–Kier alpha value is -0.480. The second kappa shape index (κ2) is 11.1. The average molecular weight is 504 g/mol. The third-order valence-corrected chi connectivity index (χ3v) is 11.5. The van der Waals surface area contributed by atoms with E-state index in [-0.39, 0.29) is 12.1 Å². The van der Waals surface area contributed by atoms with Gasteiger partial charge in [0, 0.05) is 6.42 Å². The molecule has 4 aliphatic rings. The molecule has 0 amide bonds. The van der Waals surface area contributed by atoms with Gasteiger partial charge in [-0.1, -0.05) is 65.5 Å². The van der Waals surface area contributed by atoms with E-state index in [2.05, 4.69) is 53.3 Å². The number of rotatable bonds is 9. The van der Waals surface area contributed by atoms with Crippen molar-refractivity contribution in [2.75, 3.05) is 5.75 Å². The van der Waals surface area contributed by atoms with Gasteiger partial charge in [0.1, 0.15) is 12.1 Å². The van der Waals surface area contributed by atoms with E-state index in [0.29, 0.717) is 23.0 Å². The summed E-state index contributed by atoms with van der Waals surface area (Å²) >= 11 is 4.21. The molecule has 4 aliphatic carbocycles. The minimum atomic E-state index is -0.537. The van der Waals surface area contributed by atoms with Crippen LogP contribution in [-0.2, 0) is 9.53 Å². The second-order valence-electron chi connectivity index (χ2n) is 13.7. The Morgan fingerprint density at radius 3 is 2.57 bits per heavy atom. The lowest BCUT2D eigenvalue weighted by atomic mass is 9.47. The molecule has 3 saturated carbocycles. The maximum Gasteiger partial charge on any atom is 0.323 e. The van der Waals surface area contributed by atoms with Crippen molar-refractivity contribution in [2.45, 2.75) is 124 Å². The molecule has 0 aromatic rings. The number of thiol groups is 1. The summed E-state index contributed by atoms with van der Waals surface area (Å²) < 4.78 is 5.87. The molecule has 0 aromatic heterocycles. The first-order valence-corrected chi connectivity index (χ1v) is 15.5. The number of ether oxygens (including phenoxy) is 1. The number of nitrogens with two attached hydrogens (primary N) is 1. The zero-order valence-electron chi connectivity index (χ0n) is 23.2. The molecule has 9 atom stereocenters. The molecule has 2 N–H and O–H groups in total. The van der Waals surface area contributed by atoms with Crippen LogP contribution in [0, 0.1) is 46.3 Å². The summed E-state index contributed by atoms with van der Waals surface area (Å²) in [4.78, 5) is 12.4. The lowest BCUT2D eigenvalue weighted by Crippen LogP contribution is -2.51. The highest BCUT2D eigenvalue weighted by atomic mass is 32.1. The molecule has 0 spiro atoms. The van der Waals surface area contributed by atoms with Crippen molar-refractivity contribution < 1.29 is 9.53 Å². The van der Waals surface area contributed by atoms with Crippen molar-refractivity contribution in [1.82, 2.24) is 0 Å². The van der Waals surface area contributed by atoms with Crippen LogP contribution in [0.25, 0.3) is 0 Å². The molecule has 4 heteroatoms. The lowest BCUT2D eigenvalue weighted by molar-refractivity contribution is -0.153. The summed E-state index contributed by atoms with van der Waals surface area (Å²) in [6.45, 7) is 12.5. The number of carbonyl (C=O) groups is 1. The van der Waals surface area contributed by atoms with Gasteiger partial charge >= 0.3 is 5.97 Å². The molecule has 0 heterocycles. The normalized spacial score (nSPS) is 40.3. The molecule has 0 aromatic carbocycles. The monoisotopic (exact) mass is 503 g/mol. The van der Waals surface area contributed by atoms with Gasteiger partial charge in [-0.2, -0.15) is 12.6 Å². The maximum absolute atomic E-state index is 12.4. The van der Waals surface area contributed by atoms with Crippen LogP contribution < -0.4 is 5.73 Å². The summed E-state index contributed by atoms with van der Waals surface area (Å²) in [7, 11) is 0. The van der Waals surface area contributed by atoms with E-state index < -0.39 is 6.04 Å². The molecular weight excluding hydrogens is 450 g/mol. The molecule has 4 rings (SSSR count). The fraction of sp³-hybridized carbons (Fsp3) is 0.903. The van der Waals surface area contributed by atoms with Crippen LogP contribution in [0.5, 0.6) is 0 Å². The molecule has 200 valence electrons. The molecule has 0 aliphatic heterocycles. The molecule has 0 bridgehead atoms. The van der Waals surface area contributed by atoms with E-state index in [9.17, 15) is 4.79 Å². The zero-order valence-corrected chi connectivity index (χ0v) is 24.1. The van der Waals surface area contributed by atoms with Gasteiger partial charge in [-0.25, -0.2) is 0 Å². The van der Waals surface area contributed by atoms with Gasteiger partial charge in [0.25, 0.3) is 0 Å². The third kappa shape index (κ3) is 5.40. The predicted octanol–water partition coefficient (Wildman–Crippen LogP) is 7.59.